The fourth-order valence-electron chi connectivity index (χ4n) is 3.17. The monoisotopic (exact) mass is 258 g/mol. The average Bonchev–Trinajstić information content (AvgIpc) is 2.80. The zero-order valence-electron chi connectivity index (χ0n) is 11.6. The second kappa shape index (κ2) is 4.79. The molecule has 0 unspecified atom stereocenters. The molecule has 0 spiro atoms. The van der Waals surface area contributed by atoms with Crippen LogP contribution < -0.4 is 0 Å². The van der Waals surface area contributed by atoms with Gasteiger partial charge in [-0.3, -0.25) is 0 Å². The Morgan fingerprint density at radius 2 is 0.900 bits per heavy atom. The molecule has 4 bridgehead atoms. The first-order valence-corrected chi connectivity index (χ1v) is 7.46. The van der Waals surface area contributed by atoms with Crippen molar-refractivity contribution >= 4 is 0 Å². The molecule has 0 nitrogen and oxygen atoms in total. The van der Waals surface area contributed by atoms with Gasteiger partial charge in [0.1, 0.15) is 0 Å². The Morgan fingerprint density at radius 1 is 0.450 bits per heavy atom. The molecule has 0 fully saturated rings. The zero-order chi connectivity index (χ0) is 13.4. The van der Waals surface area contributed by atoms with Gasteiger partial charge in [-0.1, -0.05) is 60.7 Å². The van der Waals surface area contributed by atoms with Crippen LogP contribution in [0.2, 0.25) is 0 Å². The lowest BCUT2D eigenvalue weighted by Crippen LogP contribution is -1.91. The molecular formula is C20H18. The van der Waals surface area contributed by atoms with E-state index in [1.807, 2.05) is 0 Å². The SMILES string of the molecule is c1cc2cc3cc(cc-2c1)CCc1ccc(cc1)CC3. The molecule has 0 saturated carbocycles. The molecule has 5 rings (SSSR count). The second-order valence-electron chi connectivity index (χ2n) is 5.84. The first kappa shape index (κ1) is 11.7. The third-order valence-corrected chi connectivity index (χ3v) is 4.37. The van der Waals surface area contributed by atoms with Crippen molar-refractivity contribution < 1.29 is 0 Å². The highest BCUT2D eigenvalue weighted by Crippen LogP contribution is 2.26. The van der Waals surface area contributed by atoms with E-state index in [0.717, 1.165) is 25.7 Å². The van der Waals surface area contributed by atoms with Crippen molar-refractivity contribution in [1.29, 1.82) is 0 Å². The van der Waals surface area contributed by atoms with Crippen molar-refractivity contribution in [2.24, 2.45) is 0 Å². The molecule has 20 heavy (non-hydrogen) atoms. The van der Waals surface area contributed by atoms with Crippen LogP contribution >= 0.6 is 0 Å². The molecule has 4 aliphatic carbocycles. The minimum absolute atomic E-state index is 1.13. The largest absolute Gasteiger partial charge is 0.0610 e. The van der Waals surface area contributed by atoms with E-state index in [4.69, 9.17) is 0 Å². The molecular weight excluding hydrogens is 240 g/mol. The molecule has 0 heterocycles. The average molecular weight is 258 g/mol. The van der Waals surface area contributed by atoms with E-state index in [2.05, 4.69) is 60.7 Å². The van der Waals surface area contributed by atoms with Crippen molar-refractivity contribution in [3.63, 3.8) is 0 Å². The van der Waals surface area contributed by atoms with Gasteiger partial charge in [0, 0.05) is 0 Å². The van der Waals surface area contributed by atoms with Crippen LogP contribution in [0.4, 0.5) is 0 Å². The smallest absolute Gasteiger partial charge is 0.0181 e. The Morgan fingerprint density at radius 3 is 1.40 bits per heavy atom. The van der Waals surface area contributed by atoms with Gasteiger partial charge in [-0.25, -0.2) is 0 Å². The summed E-state index contributed by atoms with van der Waals surface area (Å²) in [5, 5.41) is 0. The number of hydrogen-bond acceptors (Lipinski definition) is 0. The lowest BCUT2D eigenvalue weighted by Gasteiger charge is -2.03. The minimum atomic E-state index is 1.13. The second-order valence-corrected chi connectivity index (χ2v) is 5.84. The van der Waals surface area contributed by atoms with Crippen molar-refractivity contribution in [3.05, 3.63) is 82.9 Å². The molecule has 0 heteroatoms. The summed E-state index contributed by atoms with van der Waals surface area (Å²) >= 11 is 0. The van der Waals surface area contributed by atoms with Crippen molar-refractivity contribution in [3.8, 4) is 11.1 Å². The number of rotatable bonds is 0. The third-order valence-electron chi connectivity index (χ3n) is 4.37. The van der Waals surface area contributed by atoms with Gasteiger partial charge in [0.2, 0.25) is 0 Å². The van der Waals surface area contributed by atoms with Gasteiger partial charge in [-0.05, 0) is 59.1 Å². The Hall–Kier alpha value is -2.08. The normalized spacial score (nSPS) is 14.2. The van der Waals surface area contributed by atoms with Gasteiger partial charge < -0.3 is 0 Å². The fourth-order valence-corrected chi connectivity index (χ4v) is 3.17. The van der Waals surface area contributed by atoms with Crippen LogP contribution in [0.15, 0.2) is 60.7 Å². The van der Waals surface area contributed by atoms with Crippen LogP contribution in [-0.4, -0.2) is 0 Å². The predicted octanol–water partition coefficient (Wildman–Crippen LogP) is 4.68. The maximum absolute atomic E-state index is 2.41. The molecule has 0 N–H and O–H groups in total. The van der Waals surface area contributed by atoms with Crippen molar-refractivity contribution in [2.45, 2.75) is 25.7 Å². The number of aryl methyl sites for hydroxylation is 4. The van der Waals surface area contributed by atoms with E-state index in [1.54, 1.807) is 0 Å². The summed E-state index contributed by atoms with van der Waals surface area (Å²) in [5.74, 6) is 0. The molecule has 1 aromatic carbocycles. The highest BCUT2D eigenvalue weighted by atomic mass is 14.1. The van der Waals surface area contributed by atoms with E-state index >= 15 is 0 Å². The molecule has 1 aromatic rings. The fraction of sp³-hybridized carbons (Fsp3) is 0.200. The topological polar surface area (TPSA) is 0 Å². The number of benzene rings is 1. The first-order valence-electron chi connectivity index (χ1n) is 7.46. The molecule has 0 radical (unpaired) electrons. The summed E-state index contributed by atoms with van der Waals surface area (Å²) in [6.45, 7) is 0. The van der Waals surface area contributed by atoms with Crippen LogP contribution in [0.3, 0.4) is 0 Å². The summed E-state index contributed by atoms with van der Waals surface area (Å²) in [5.41, 5.74) is 8.57. The van der Waals surface area contributed by atoms with Gasteiger partial charge in [0.05, 0.1) is 0 Å². The Labute approximate surface area is 120 Å². The Bertz CT molecular complexity index is 648. The van der Waals surface area contributed by atoms with Gasteiger partial charge in [0.25, 0.3) is 0 Å². The van der Waals surface area contributed by atoms with Gasteiger partial charge in [-0.2, -0.15) is 0 Å². The highest BCUT2D eigenvalue weighted by molar-refractivity contribution is 5.67. The van der Waals surface area contributed by atoms with Crippen molar-refractivity contribution in [2.75, 3.05) is 0 Å². The van der Waals surface area contributed by atoms with Gasteiger partial charge >= 0.3 is 0 Å². The van der Waals surface area contributed by atoms with E-state index in [9.17, 15) is 0 Å². The van der Waals surface area contributed by atoms with Crippen LogP contribution in [0.25, 0.3) is 11.1 Å². The van der Waals surface area contributed by atoms with Gasteiger partial charge in [0.15, 0.2) is 0 Å². The number of hydrogen-bond donors (Lipinski definition) is 0. The molecule has 0 aromatic heterocycles. The first-order chi connectivity index (χ1) is 9.87. The molecule has 0 atom stereocenters. The minimum Gasteiger partial charge on any atom is -0.0610 e. The summed E-state index contributed by atoms with van der Waals surface area (Å²) in [7, 11) is 0. The summed E-state index contributed by atoms with van der Waals surface area (Å²) in [6, 6.07) is 22.9. The van der Waals surface area contributed by atoms with Crippen molar-refractivity contribution in [1.82, 2.24) is 0 Å². The highest BCUT2D eigenvalue weighted by Gasteiger charge is 2.07. The van der Waals surface area contributed by atoms with E-state index < -0.39 is 0 Å². The quantitative estimate of drug-likeness (QED) is 0.549. The standard InChI is InChI=1S/C20H18/c1-2-19-13-17-10-8-15-4-6-16(7-5-15)9-11-18(12-17)14-20(19)3-1/h1-7,12-14H,8-11H2. The van der Waals surface area contributed by atoms with Crippen LogP contribution in [0.1, 0.15) is 22.3 Å². The zero-order valence-corrected chi connectivity index (χ0v) is 11.6. The Kier molecular flexibility index (Phi) is 2.81. The number of fused-ring (bicyclic) bond motifs is 5. The summed E-state index contributed by atoms with van der Waals surface area (Å²) < 4.78 is 0. The molecule has 0 aliphatic heterocycles. The lowest BCUT2D eigenvalue weighted by atomic mass is 10.0. The summed E-state index contributed by atoms with van der Waals surface area (Å²) in [6.07, 6.45) is 4.51. The third kappa shape index (κ3) is 2.22. The maximum Gasteiger partial charge on any atom is -0.0181 e. The van der Waals surface area contributed by atoms with E-state index in [-0.39, 0.29) is 0 Å². The molecule has 98 valence electrons. The van der Waals surface area contributed by atoms with Gasteiger partial charge in [-0.15, -0.1) is 0 Å². The Balaban J connectivity index is 1.83. The molecule has 4 aliphatic rings. The maximum atomic E-state index is 2.41. The van der Waals surface area contributed by atoms with Crippen LogP contribution in [0, 0.1) is 0 Å². The van der Waals surface area contributed by atoms with Crippen LogP contribution in [-0.2, 0) is 25.7 Å². The molecule has 0 saturated heterocycles. The lowest BCUT2D eigenvalue weighted by molar-refractivity contribution is 0.958. The van der Waals surface area contributed by atoms with E-state index in [0.29, 0.717) is 0 Å². The predicted molar refractivity (Wildman–Crippen MR) is 84.3 cm³/mol. The summed E-state index contributed by atoms with van der Waals surface area (Å²) in [4.78, 5) is 0. The molecule has 0 amide bonds. The van der Waals surface area contributed by atoms with Crippen LogP contribution in [0.5, 0.6) is 0 Å². The van der Waals surface area contributed by atoms with E-state index in [1.165, 1.54) is 33.4 Å².